The fourth-order valence-electron chi connectivity index (χ4n) is 1.56. The molecule has 4 nitrogen and oxygen atoms in total. The largest absolute Gasteiger partial charge is 0.480 e. The third kappa shape index (κ3) is 4.31. The van der Waals surface area contributed by atoms with Crippen LogP contribution in [0.3, 0.4) is 0 Å². The van der Waals surface area contributed by atoms with Crippen molar-refractivity contribution in [3.8, 4) is 5.75 Å². The van der Waals surface area contributed by atoms with Crippen LogP contribution in [-0.2, 0) is 11.3 Å². The molecule has 0 radical (unpaired) electrons. The number of ether oxygens (including phenoxy) is 1. The second-order valence-electron chi connectivity index (χ2n) is 3.95. The Hall–Kier alpha value is -1.07. The van der Waals surface area contributed by atoms with Gasteiger partial charge in [0.2, 0.25) is 0 Å². The molecule has 5 heteroatoms. The van der Waals surface area contributed by atoms with Gasteiger partial charge in [0.25, 0.3) is 5.91 Å². The maximum absolute atomic E-state index is 11.2. The van der Waals surface area contributed by atoms with Crippen LogP contribution < -0.4 is 15.8 Å². The Labute approximate surface area is 116 Å². The highest BCUT2D eigenvalue weighted by Crippen LogP contribution is 2.24. The van der Waals surface area contributed by atoms with Crippen molar-refractivity contribution in [1.82, 2.24) is 5.32 Å². The van der Waals surface area contributed by atoms with E-state index in [0.717, 1.165) is 16.6 Å². The molecule has 1 aromatic carbocycles. The molecule has 0 fully saturated rings. The number of hydrogen-bond acceptors (Lipinski definition) is 3. The van der Waals surface area contributed by atoms with Gasteiger partial charge in [-0.1, -0.05) is 29.8 Å². The number of rotatable bonds is 7. The Morgan fingerprint density at radius 2 is 2.22 bits per heavy atom. The number of amides is 1. The minimum atomic E-state index is -0.577. The monoisotopic (exact) mass is 314 g/mol. The van der Waals surface area contributed by atoms with E-state index >= 15 is 0 Å². The first-order valence-electron chi connectivity index (χ1n) is 6.03. The molecule has 0 bridgehead atoms. The van der Waals surface area contributed by atoms with Crippen LogP contribution in [0.2, 0.25) is 0 Å². The molecule has 1 aromatic rings. The van der Waals surface area contributed by atoms with Gasteiger partial charge in [0.1, 0.15) is 5.75 Å². The summed E-state index contributed by atoms with van der Waals surface area (Å²) in [6, 6.07) is 5.71. The molecule has 18 heavy (non-hydrogen) atoms. The normalized spacial score (nSPS) is 12.2. The van der Waals surface area contributed by atoms with Crippen molar-refractivity contribution in [2.24, 2.45) is 5.73 Å². The zero-order chi connectivity index (χ0) is 13.5. The summed E-state index contributed by atoms with van der Waals surface area (Å²) in [6.45, 7) is 5.48. The van der Waals surface area contributed by atoms with E-state index in [0.29, 0.717) is 18.7 Å². The molecular formula is C13H19BrN2O2. The molecular weight excluding hydrogens is 296 g/mol. The van der Waals surface area contributed by atoms with Crippen LogP contribution in [0.4, 0.5) is 0 Å². The third-order valence-corrected chi connectivity index (χ3v) is 3.04. The molecule has 100 valence electrons. The lowest BCUT2D eigenvalue weighted by atomic mass is 10.2. The van der Waals surface area contributed by atoms with Gasteiger partial charge in [0.15, 0.2) is 6.10 Å². The van der Waals surface area contributed by atoms with Crippen molar-refractivity contribution in [3.05, 3.63) is 28.2 Å². The average molecular weight is 315 g/mol. The van der Waals surface area contributed by atoms with Crippen molar-refractivity contribution in [2.45, 2.75) is 32.9 Å². The van der Waals surface area contributed by atoms with Crippen molar-refractivity contribution in [2.75, 3.05) is 6.54 Å². The SMILES string of the molecule is CCNCc1cc(Br)ccc1OC(CC)C(N)=O. The number of benzene rings is 1. The van der Waals surface area contributed by atoms with Crippen LogP contribution in [0.1, 0.15) is 25.8 Å². The highest BCUT2D eigenvalue weighted by atomic mass is 79.9. The average Bonchev–Trinajstić information content (AvgIpc) is 2.34. The zero-order valence-corrected chi connectivity index (χ0v) is 12.3. The second kappa shape index (κ2) is 7.38. The molecule has 1 rings (SSSR count). The molecule has 0 saturated heterocycles. The van der Waals surface area contributed by atoms with Gasteiger partial charge in [0.05, 0.1) is 0 Å². The Bertz CT molecular complexity index is 410. The Kier molecular flexibility index (Phi) is 6.15. The molecule has 0 aliphatic rings. The summed E-state index contributed by atoms with van der Waals surface area (Å²) >= 11 is 3.43. The number of halogens is 1. The van der Waals surface area contributed by atoms with Crippen molar-refractivity contribution >= 4 is 21.8 Å². The van der Waals surface area contributed by atoms with Gasteiger partial charge in [-0.15, -0.1) is 0 Å². The lowest BCUT2D eigenvalue weighted by Gasteiger charge is -2.17. The third-order valence-electron chi connectivity index (χ3n) is 2.55. The quantitative estimate of drug-likeness (QED) is 0.811. The van der Waals surface area contributed by atoms with E-state index in [1.54, 1.807) is 0 Å². The number of nitrogens with one attached hydrogen (secondary N) is 1. The minimum absolute atomic E-state index is 0.435. The molecule has 0 aliphatic carbocycles. The van der Waals surface area contributed by atoms with E-state index < -0.39 is 12.0 Å². The van der Waals surface area contributed by atoms with Gasteiger partial charge >= 0.3 is 0 Å². The molecule has 0 spiro atoms. The number of carbonyl (C=O) groups excluding carboxylic acids is 1. The number of nitrogens with two attached hydrogens (primary N) is 1. The van der Waals surface area contributed by atoms with Crippen molar-refractivity contribution in [3.63, 3.8) is 0 Å². The predicted molar refractivity (Wildman–Crippen MR) is 75.4 cm³/mol. The first-order valence-corrected chi connectivity index (χ1v) is 6.82. The lowest BCUT2D eigenvalue weighted by molar-refractivity contribution is -0.124. The second-order valence-corrected chi connectivity index (χ2v) is 4.87. The van der Waals surface area contributed by atoms with Gasteiger partial charge < -0.3 is 15.8 Å². The molecule has 1 amide bonds. The lowest BCUT2D eigenvalue weighted by Crippen LogP contribution is -2.33. The number of carbonyl (C=O) groups is 1. The minimum Gasteiger partial charge on any atom is -0.480 e. The van der Waals surface area contributed by atoms with Gasteiger partial charge in [-0.25, -0.2) is 0 Å². The highest BCUT2D eigenvalue weighted by molar-refractivity contribution is 9.10. The van der Waals surface area contributed by atoms with Crippen molar-refractivity contribution in [1.29, 1.82) is 0 Å². The molecule has 1 unspecified atom stereocenters. The number of primary amides is 1. The smallest absolute Gasteiger partial charge is 0.258 e. The van der Waals surface area contributed by atoms with Crippen LogP contribution in [-0.4, -0.2) is 18.6 Å². The fourth-order valence-corrected chi connectivity index (χ4v) is 1.97. The summed E-state index contributed by atoms with van der Waals surface area (Å²) in [4.78, 5) is 11.2. The Balaban J connectivity index is 2.89. The predicted octanol–water partition coefficient (Wildman–Crippen LogP) is 2.20. The van der Waals surface area contributed by atoms with Gasteiger partial charge in [-0.3, -0.25) is 4.79 Å². The number of hydrogen-bond donors (Lipinski definition) is 2. The van der Waals surface area contributed by atoms with E-state index in [2.05, 4.69) is 21.2 Å². The first-order chi connectivity index (χ1) is 8.58. The molecule has 0 aromatic heterocycles. The van der Waals surface area contributed by atoms with E-state index in [-0.39, 0.29) is 0 Å². The van der Waals surface area contributed by atoms with Gasteiger partial charge in [-0.2, -0.15) is 0 Å². The summed E-state index contributed by atoms with van der Waals surface area (Å²) in [5.41, 5.74) is 6.29. The first kappa shape index (κ1) is 15.0. The van der Waals surface area contributed by atoms with Crippen LogP contribution in [0.15, 0.2) is 22.7 Å². The van der Waals surface area contributed by atoms with Crippen LogP contribution in [0.5, 0.6) is 5.75 Å². The van der Waals surface area contributed by atoms with Crippen LogP contribution in [0.25, 0.3) is 0 Å². The summed E-state index contributed by atoms with van der Waals surface area (Å²) in [5, 5.41) is 3.24. The van der Waals surface area contributed by atoms with E-state index in [1.807, 2.05) is 32.0 Å². The van der Waals surface area contributed by atoms with E-state index in [9.17, 15) is 4.79 Å². The fraction of sp³-hybridized carbons (Fsp3) is 0.462. The van der Waals surface area contributed by atoms with E-state index in [4.69, 9.17) is 10.5 Å². The van der Waals surface area contributed by atoms with Gasteiger partial charge in [-0.05, 0) is 31.2 Å². The highest BCUT2D eigenvalue weighted by Gasteiger charge is 2.16. The van der Waals surface area contributed by atoms with Crippen LogP contribution >= 0.6 is 15.9 Å². The summed E-state index contributed by atoms with van der Waals surface area (Å²) < 4.78 is 6.65. The standard InChI is InChI=1S/C13H19BrN2O2/c1-3-11(13(15)17)18-12-6-5-10(14)7-9(12)8-16-4-2/h5-7,11,16H,3-4,8H2,1-2H3,(H2,15,17). The molecule has 0 heterocycles. The summed E-state index contributed by atoms with van der Waals surface area (Å²) in [6.07, 6.45) is -0.0157. The topological polar surface area (TPSA) is 64.3 Å². The Morgan fingerprint density at radius 1 is 1.50 bits per heavy atom. The van der Waals surface area contributed by atoms with Crippen molar-refractivity contribution < 1.29 is 9.53 Å². The van der Waals surface area contributed by atoms with Crippen LogP contribution in [0, 0.1) is 0 Å². The molecule has 1 atom stereocenters. The molecule has 0 aliphatic heterocycles. The Morgan fingerprint density at radius 3 is 2.78 bits per heavy atom. The van der Waals surface area contributed by atoms with Gasteiger partial charge in [0, 0.05) is 16.6 Å². The maximum atomic E-state index is 11.2. The molecule has 3 N–H and O–H groups in total. The summed E-state index contributed by atoms with van der Waals surface area (Å²) in [7, 11) is 0. The van der Waals surface area contributed by atoms with E-state index in [1.165, 1.54) is 0 Å². The molecule has 0 saturated carbocycles. The maximum Gasteiger partial charge on any atom is 0.258 e. The zero-order valence-electron chi connectivity index (χ0n) is 10.7. The summed E-state index contributed by atoms with van der Waals surface area (Å²) in [5.74, 6) is 0.264.